The van der Waals surface area contributed by atoms with Crippen LogP contribution >= 0.6 is 11.6 Å². The van der Waals surface area contributed by atoms with Crippen LogP contribution in [0.15, 0.2) is 36.4 Å². The van der Waals surface area contributed by atoms with Gasteiger partial charge in [-0.25, -0.2) is 0 Å². The van der Waals surface area contributed by atoms with Crippen molar-refractivity contribution in [2.75, 3.05) is 53.1 Å². The fourth-order valence-electron chi connectivity index (χ4n) is 5.02. The van der Waals surface area contributed by atoms with E-state index in [9.17, 15) is 4.79 Å². The lowest BCUT2D eigenvalue weighted by Gasteiger charge is -2.33. The molecule has 180 valence electrons. The maximum Gasteiger partial charge on any atom is 0.210 e. The van der Waals surface area contributed by atoms with Gasteiger partial charge in [0.25, 0.3) is 0 Å². The summed E-state index contributed by atoms with van der Waals surface area (Å²) in [6.45, 7) is 5.82. The molecule has 0 bridgehead atoms. The third-order valence-corrected chi connectivity index (χ3v) is 6.98. The van der Waals surface area contributed by atoms with Gasteiger partial charge in [-0.3, -0.25) is 9.69 Å². The van der Waals surface area contributed by atoms with E-state index in [-0.39, 0.29) is 6.04 Å². The third kappa shape index (κ3) is 4.60. The second kappa shape index (κ2) is 10.3. The summed E-state index contributed by atoms with van der Waals surface area (Å²) >= 11 is 6.26. The average molecular weight is 484 g/mol. The number of hydrogen-bond acceptors (Lipinski definition) is 5. The van der Waals surface area contributed by atoms with Crippen molar-refractivity contribution >= 4 is 28.9 Å². The number of carbonyl (C=O) groups is 1. The molecule has 0 radical (unpaired) electrons. The highest BCUT2D eigenvalue weighted by Gasteiger charge is 2.31. The first kappa shape index (κ1) is 23.0. The van der Waals surface area contributed by atoms with Gasteiger partial charge in [-0.2, -0.15) is 0 Å². The molecule has 34 heavy (non-hydrogen) atoms. The highest BCUT2D eigenvalue weighted by atomic mass is 35.5. The molecule has 0 spiro atoms. The van der Waals surface area contributed by atoms with Crippen LogP contribution < -0.4 is 9.47 Å². The van der Waals surface area contributed by atoms with Crippen LogP contribution in [0.3, 0.4) is 0 Å². The number of amides is 1. The van der Waals surface area contributed by atoms with Crippen LogP contribution in [0, 0.1) is 0 Å². The van der Waals surface area contributed by atoms with Gasteiger partial charge in [-0.15, -0.1) is 0 Å². The number of aromatic nitrogens is 1. The van der Waals surface area contributed by atoms with E-state index in [4.69, 9.17) is 25.8 Å². The fraction of sp³-hybridized carbons (Fsp3) is 0.423. The minimum atomic E-state index is -0.225. The maximum absolute atomic E-state index is 12.0. The number of benzene rings is 2. The van der Waals surface area contributed by atoms with E-state index in [2.05, 4.69) is 9.88 Å². The van der Waals surface area contributed by atoms with E-state index in [1.54, 1.807) is 7.11 Å². The summed E-state index contributed by atoms with van der Waals surface area (Å²) in [5, 5.41) is 1.82. The molecule has 7 nitrogen and oxygen atoms in total. The predicted molar refractivity (Wildman–Crippen MR) is 132 cm³/mol. The Bertz CT molecular complexity index is 1160. The topological polar surface area (TPSA) is 67.0 Å². The molecule has 5 rings (SSSR count). The van der Waals surface area contributed by atoms with E-state index in [1.807, 2.05) is 41.3 Å². The number of halogens is 1. The highest BCUT2D eigenvalue weighted by molar-refractivity contribution is 6.31. The minimum Gasteiger partial charge on any atom is -0.493 e. The van der Waals surface area contributed by atoms with Crippen LogP contribution in [-0.2, 0) is 16.0 Å². The van der Waals surface area contributed by atoms with Crippen molar-refractivity contribution in [3.05, 3.63) is 58.2 Å². The molecule has 1 N–H and O–H groups in total. The van der Waals surface area contributed by atoms with Crippen LogP contribution in [0.4, 0.5) is 0 Å². The van der Waals surface area contributed by atoms with Crippen LogP contribution in [0.5, 0.6) is 11.5 Å². The van der Waals surface area contributed by atoms with E-state index >= 15 is 0 Å². The first-order valence-corrected chi connectivity index (χ1v) is 12.2. The zero-order valence-corrected chi connectivity index (χ0v) is 20.1. The molecule has 0 saturated carbocycles. The Morgan fingerprint density at radius 3 is 2.79 bits per heavy atom. The number of nitrogens with one attached hydrogen (secondary N) is 1. The number of fused-ring (bicyclic) bond motifs is 3. The molecule has 1 aromatic heterocycles. The molecule has 1 atom stereocenters. The predicted octanol–water partition coefficient (Wildman–Crippen LogP) is 4.03. The molecule has 8 heteroatoms. The summed E-state index contributed by atoms with van der Waals surface area (Å²) in [7, 11) is 1.65. The molecule has 3 heterocycles. The summed E-state index contributed by atoms with van der Waals surface area (Å²) in [5.41, 5.74) is 4.24. The van der Waals surface area contributed by atoms with Gasteiger partial charge in [0, 0.05) is 47.8 Å². The molecule has 1 amide bonds. The Balaban J connectivity index is 1.36. The van der Waals surface area contributed by atoms with Crippen molar-refractivity contribution in [2.45, 2.75) is 18.9 Å². The number of aromatic amines is 1. The monoisotopic (exact) mass is 483 g/mol. The summed E-state index contributed by atoms with van der Waals surface area (Å²) in [6.07, 6.45) is 2.65. The molecule has 1 saturated heterocycles. The molecule has 2 aliphatic rings. The molecule has 2 aromatic carbocycles. The number of morpholine rings is 1. The van der Waals surface area contributed by atoms with Crippen LogP contribution in [0.1, 0.15) is 29.3 Å². The van der Waals surface area contributed by atoms with Gasteiger partial charge in [0.1, 0.15) is 0 Å². The molecular weight excluding hydrogens is 454 g/mol. The summed E-state index contributed by atoms with van der Waals surface area (Å²) < 4.78 is 17.1. The number of H-pyrrole nitrogens is 1. The molecule has 1 fully saturated rings. The largest absolute Gasteiger partial charge is 0.493 e. The summed E-state index contributed by atoms with van der Waals surface area (Å²) in [5.74, 6) is 1.38. The first-order chi connectivity index (χ1) is 16.7. The SMILES string of the molecule is COc1cc(C2c3[nH]c4ccc(Cl)cc4c3CCN2C=O)ccc1OCCCN1CCOCC1. The fourth-order valence-corrected chi connectivity index (χ4v) is 5.19. The second-order valence-electron chi connectivity index (χ2n) is 8.77. The van der Waals surface area contributed by atoms with Gasteiger partial charge in [0.15, 0.2) is 11.5 Å². The van der Waals surface area contributed by atoms with Gasteiger partial charge in [0.05, 0.1) is 33.0 Å². The minimum absolute atomic E-state index is 0.225. The molecule has 0 aliphatic carbocycles. The number of ether oxygens (including phenoxy) is 3. The van der Waals surface area contributed by atoms with Gasteiger partial charge in [-0.1, -0.05) is 17.7 Å². The smallest absolute Gasteiger partial charge is 0.210 e. The van der Waals surface area contributed by atoms with Gasteiger partial charge in [0.2, 0.25) is 6.41 Å². The van der Waals surface area contributed by atoms with E-state index in [0.29, 0.717) is 29.7 Å². The van der Waals surface area contributed by atoms with Crippen molar-refractivity contribution in [3.63, 3.8) is 0 Å². The van der Waals surface area contributed by atoms with Gasteiger partial charge < -0.3 is 24.1 Å². The average Bonchev–Trinajstić information content (AvgIpc) is 3.24. The zero-order chi connectivity index (χ0) is 23.5. The molecule has 2 aliphatic heterocycles. The normalized spacial score (nSPS) is 18.6. The Hall–Kier alpha value is -2.74. The van der Waals surface area contributed by atoms with Crippen LogP contribution in [-0.4, -0.2) is 74.3 Å². The molecule has 3 aromatic rings. The number of nitrogens with zero attached hydrogens (tertiary/aromatic N) is 2. The lowest BCUT2D eigenvalue weighted by molar-refractivity contribution is -0.120. The van der Waals surface area contributed by atoms with Crippen molar-refractivity contribution in [1.82, 2.24) is 14.8 Å². The number of hydrogen-bond donors (Lipinski definition) is 1. The highest BCUT2D eigenvalue weighted by Crippen LogP contribution is 2.40. The molecular formula is C26H30ClN3O4. The van der Waals surface area contributed by atoms with Crippen molar-refractivity contribution in [2.24, 2.45) is 0 Å². The Morgan fingerprint density at radius 1 is 1.15 bits per heavy atom. The Morgan fingerprint density at radius 2 is 2.00 bits per heavy atom. The first-order valence-electron chi connectivity index (χ1n) is 11.8. The van der Waals surface area contributed by atoms with Crippen molar-refractivity contribution < 1.29 is 19.0 Å². The number of methoxy groups -OCH3 is 1. The quantitative estimate of drug-likeness (QED) is 0.387. The number of carbonyl (C=O) groups excluding carboxylic acids is 1. The summed E-state index contributed by atoms with van der Waals surface area (Å²) in [4.78, 5) is 19.7. The number of rotatable bonds is 8. The molecule has 1 unspecified atom stereocenters. The van der Waals surface area contributed by atoms with E-state index in [0.717, 1.165) is 74.3 Å². The second-order valence-corrected chi connectivity index (χ2v) is 9.21. The standard InChI is InChI=1S/C26H30ClN3O4/c1-32-24-15-18(3-6-23(24)34-12-2-8-29-10-13-33-14-11-29)26-25-20(7-9-30(26)17-31)21-16-19(27)4-5-22(21)28-25/h3-6,15-17,26,28H,2,7-14H2,1H3. The van der Waals surface area contributed by atoms with Crippen LogP contribution in [0.2, 0.25) is 5.02 Å². The van der Waals surface area contributed by atoms with E-state index < -0.39 is 0 Å². The van der Waals surface area contributed by atoms with Crippen molar-refractivity contribution in [1.29, 1.82) is 0 Å². The lowest BCUT2D eigenvalue weighted by atomic mass is 9.92. The maximum atomic E-state index is 12.0. The van der Waals surface area contributed by atoms with Crippen LogP contribution in [0.25, 0.3) is 10.9 Å². The van der Waals surface area contributed by atoms with Crippen molar-refractivity contribution in [3.8, 4) is 11.5 Å². The Labute approximate surface area is 204 Å². The lowest BCUT2D eigenvalue weighted by Crippen LogP contribution is -2.37. The summed E-state index contributed by atoms with van der Waals surface area (Å²) in [6, 6.07) is 11.6. The van der Waals surface area contributed by atoms with E-state index in [1.165, 1.54) is 5.56 Å². The Kier molecular flexibility index (Phi) is 6.94. The third-order valence-electron chi connectivity index (χ3n) is 6.75. The van der Waals surface area contributed by atoms with Gasteiger partial charge >= 0.3 is 0 Å². The van der Waals surface area contributed by atoms with Gasteiger partial charge in [-0.05, 0) is 54.3 Å². The zero-order valence-electron chi connectivity index (χ0n) is 19.4.